The number of pyridine rings is 3. The van der Waals surface area contributed by atoms with E-state index in [0.717, 1.165) is 30.2 Å². The van der Waals surface area contributed by atoms with Crippen LogP contribution >= 0.6 is 0 Å². The van der Waals surface area contributed by atoms with Gasteiger partial charge >= 0.3 is 0 Å². The molecule has 10 nitrogen and oxygen atoms in total. The quantitative estimate of drug-likeness (QED) is 0.409. The summed E-state index contributed by atoms with van der Waals surface area (Å²) in [7, 11) is 0. The predicted molar refractivity (Wildman–Crippen MR) is 135 cm³/mol. The molecule has 4 aromatic rings. The van der Waals surface area contributed by atoms with E-state index in [-0.39, 0.29) is 5.91 Å². The maximum Gasteiger partial charge on any atom is 0.250 e. The molecular weight excluding hydrogens is 444 g/mol. The average molecular weight is 469 g/mol. The fourth-order valence-electron chi connectivity index (χ4n) is 3.67. The second-order valence-electron chi connectivity index (χ2n) is 8.08. The summed E-state index contributed by atoms with van der Waals surface area (Å²) in [5.74, 6) is 1.08. The number of ether oxygens (including phenoxy) is 1. The normalized spacial score (nSPS) is 13.5. The van der Waals surface area contributed by atoms with Crippen molar-refractivity contribution in [2.24, 2.45) is 0 Å². The van der Waals surface area contributed by atoms with Crippen molar-refractivity contribution < 1.29 is 9.53 Å². The third kappa shape index (κ3) is 5.07. The first kappa shape index (κ1) is 22.4. The molecule has 1 fully saturated rings. The highest BCUT2D eigenvalue weighted by Gasteiger charge is 2.13. The highest BCUT2D eigenvalue weighted by atomic mass is 16.5. The zero-order valence-corrected chi connectivity index (χ0v) is 19.2. The first-order valence-electron chi connectivity index (χ1n) is 11.2. The van der Waals surface area contributed by atoms with Crippen molar-refractivity contribution in [3.8, 4) is 11.3 Å². The molecule has 0 aliphatic carbocycles. The van der Waals surface area contributed by atoms with Gasteiger partial charge < -0.3 is 20.3 Å². The summed E-state index contributed by atoms with van der Waals surface area (Å²) in [5, 5.41) is 6.03. The molecule has 0 radical (unpaired) electrons. The summed E-state index contributed by atoms with van der Waals surface area (Å²) >= 11 is 0. The number of aromatic nitrogens is 5. The maximum absolute atomic E-state index is 12.0. The SMILES string of the molecule is C=C(C)C(=O)Nc1ccnc(-c2ccnc3cnc(Nc4ccc(N5CCOCC5)nc4)nc23)c1. The Balaban J connectivity index is 1.41. The van der Waals surface area contributed by atoms with Gasteiger partial charge in [-0.3, -0.25) is 14.8 Å². The molecule has 1 aliphatic heterocycles. The van der Waals surface area contributed by atoms with Crippen molar-refractivity contribution in [1.29, 1.82) is 0 Å². The van der Waals surface area contributed by atoms with E-state index < -0.39 is 0 Å². The van der Waals surface area contributed by atoms with Gasteiger partial charge in [-0.2, -0.15) is 0 Å². The van der Waals surface area contributed by atoms with Gasteiger partial charge in [-0.25, -0.2) is 15.0 Å². The van der Waals surface area contributed by atoms with Crippen molar-refractivity contribution in [3.05, 3.63) is 67.3 Å². The van der Waals surface area contributed by atoms with Gasteiger partial charge in [0.05, 0.1) is 37.0 Å². The summed E-state index contributed by atoms with van der Waals surface area (Å²) in [6, 6.07) is 9.27. The molecule has 10 heteroatoms. The molecule has 0 spiro atoms. The highest BCUT2D eigenvalue weighted by molar-refractivity contribution is 6.03. The van der Waals surface area contributed by atoms with E-state index in [1.54, 1.807) is 43.8 Å². The van der Waals surface area contributed by atoms with Crippen LogP contribution in [0.5, 0.6) is 0 Å². The fourth-order valence-corrected chi connectivity index (χ4v) is 3.67. The number of nitrogens with zero attached hydrogens (tertiary/aromatic N) is 6. The largest absolute Gasteiger partial charge is 0.378 e. The van der Waals surface area contributed by atoms with Crippen molar-refractivity contribution in [3.63, 3.8) is 0 Å². The van der Waals surface area contributed by atoms with Crippen molar-refractivity contribution in [1.82, 2.24) is 24.9 Å². The van der Waals surface area contributed by atoms with E-state index >= 15 is 0 Å². The molecule has 1 aliphatic rings. The van der Waals surface area contributed by atoms with Gasteiger partial charge in [-0.15, -0.1) is 0 Å². The molecular formula is C25H24N8O2. The second-order valence-corrected chi connectivity index (χ2v) is 8.08. The Labute approximate surface area is 202 Å². The van der Waals surface area contributed by atoms with Crippen LogP contribution in [0.4, 0.5) is 23.1 Å². The lowest BCUT2D eigenvalue weighted by Crippen LogP contribution is -2.36. The number of nitrogens with one attached hydrogen (secondary N) is 2. The maximum atomic E-state index is 12.0. The van der Waals surface area contributed by atoms with Crippen LogP contribution in [0.2, 0.25) is 0 Å². The molecule has 4 aromatic heterocycles. The van der Waals surface area contributed by atoms with E-state index in [9.17, 15) is 4.79 Å². The van der Waals surface area contributed by atoms with Crippen molar-refractivity contribution >= 4 is 40.1 Å². The van der Waals surface area contributed by atoms with Crippen molar-refractivity contribution in [2.45, 2.75) is 6.92 Å². The predicted octanol–water partition coefficient (Wildman–Crippen LogP) is 3.58. The smallest absolute Gasteiger partial charge is 0.250 e. The number of hydrogen-bond acceptors (Lipinski definition) is 9. The second kappa shape index (κ2) is 9.82. The molecule has 35 heavy (non-hydrogen) atoms. The van der Waals surface area contributed by atoms with Crippen LogP contribution in [0.25, 0.3) is 22.3 Å². The van der Waals surface area contributed by atoms with Crippen LogP contribution < -0.4 is 15.5 Å². The molecule has 0 atom stereocenters. The van der Waals surface area contributed by atoms with Crippen LogP contribution in [0.1, 0.15) is 6.92 Å². The lowest BCUT2D eigenvalue weighted by molar-refractivity contribution is -0.112. The Bertz CT molecular complexity index is 1380. The van der Waals surface area contributed by atoms with Gasteiger partial charge in [0.1, 0.15) is 16.9 Å². The molecule has 0 unspecified atom stereocenters. The standard InChI is InChI=1S/C25H24N8O2/c1-16(2)24(34)30-17-5-7-26-20(13-17)19-6-8-27-21-15-29-25(32-23(19)21)31-18-3-4-22(28-14-18)33-9-11-35-12-10-33/h3-8,13-15H,1,9-12H2,2H3,(H,26,30,34)(H,29,31,32). The molecule has 1 saturated heterocycles. The van der Waals surface area contributed by atoms with E-state index in [0.29, 0.717) is 47.1 Å². The van der Waals surface area contributed by atoms with E-state index in [2.05, 4.69) is 42.0 Å². The molecule has 0 aromatic carbocycles. The number of morpholine rings is 1. The van der Waals surface area contributed by atoms with Crippen LogP contribution in [0.3, 0.4) is 0 Å². The minimum Gasteiger partial charge on any atom is -0.378 e. The monoisotopic (exact) mass is 468 g/mol. The number of fused-ring (bicyclic) bond motifs is 1. The van der Waals surface area contributed by atoms with Crippen LogP contribution in [0.15, 0.2) is 67.3 Å². The first-order chi connectivity index (χ1) is 17.1. The third-order valence-corrected chi connectivity index (χ3v) is 5.50. The molecule has 176 valence electrons. The zero-order chi connectivity index (χ0) is 24.2. The Hall–Kier alpha value is -4.44. The third-order valence-electron chi connectivity index (χ3n) is 5.50. The zero-order valence-electron chi connectivity index (χ0n) is 19.2. The van der Waals surface area contributed by atoms with Crippen molar-refractivity contribution in [2.75, 3.05) is 41.8 Å². The van der Waals surface area contributed by atoms with E-state index in [4.69, 9.17) is 9.72 Å². The molecule has 5 heterocycles. The lowest BCUT2D eigenvalue weighted by Gasteiger charge is -2.27. The number of amides is 1. The van der Waals surface area contributed by atoms with E-state index in [1.165, 1.54) is 0 Å². The Morgan fingerprint density at radius 1 is 1.00 bits per heavy atom. The van der Waals surface area contributed by atoms with Crippen LogP contribution in [-0.2, 0) is 9.53 Å². The van der Waals surface area contributed by atoms with E-state index in [1.807, 2.05) is 18.2 Å². The summed E-state index contributed by atoms with van der Waals surface area (Å²) in [6.07, 6.45) is 6.75. The summed E-state index contributed by atoms with van der Waals surface area (Å²) in [4.78, 5) is 36.7. The Morgan fingerprint density at radius 3 is 2.60 bits per heavy atom. The lowest BCUT2D eigenvalue weighted by atomic mass is 10.1. The number of rotatable bonds is 6. The Kier molecular flexibility index (Phi) is 6.27. The van der Waals surface area contributed by atoms with Gasteiger partial charge in [0, 0.05) is 42.3 Å². The molecule has 1 amide bonds. The van der Waals surface area contributed by atoms with Gasteiger partial charge in [0.25, 0.3) is 5.91 Å². The topological polar surface area (TPSA) is 118 Å². The number of carbonyl (C=O) groups excluding carboxylic acids is 1. The molecule has 5 rings (SSSR count). The number of anilines is 4. The van der Waals surface area contributed by atoms with Gasteiger partial charge in [-0.1, -0.05) is 6.58 Å². The number of hydrogen-bond donors (Lipinski definition) is 2. The number of carbonyl (C=O) groups is 1. The minimum atomic E-state index is -0.246. The fraction of sp³-hybridized carbons (Fsp3) is 0.200. The Morgan fingerprint density at radius 2 is 1.83 bits per heavy atom. The average Bonchev–Trinajstić information content (AvgIpc) is 2.89. The molecule has 2 N–H and O–H groups in total. The first-order valence-corrected chi connectivity index (χ1v) is 11.2. The van der Waals surface area contributed by atoms with Gasteiger partial charge in [-0.05, 0) is 37.3 Å². The van der Waals surface area contributed by atoms with Gasteiger partial charge in [0.2, 0.25) is 5.95 Å². The summed E-state index contributed by atoms with van der Waals surface area (Å²) in [6.45, 7) is 8.41. The van der Waals surface area contributed by atoms with Crippen LogP contribution in [-0.4, -0.2) is 57.1 Å². The summed E-state index contributed by atoms with van der Waals surface area (Å²) < 4.78 is 5.40. The molecule has 0 saturated carbocycles. The molecule has 0 bridgehead atoms. The highest BCUT2D eigenvalue weighted by Crippen LogP contribution is 2.27. The minimum absolute atomic E-state index is 0.246. The van der Waals surface area contributed by atoms with Crippen LogP contribution in [0, 0.1) is 0 Å². The van der Waals surface area contributed by atoms with Gasteiger partial charge in [0.15, 0.2) is 0 Å². The summed E-state index contributed by atoms with van der Waals surface area (Å²) in [5.41, 5.74) is 4.51.